The molecule has 1 N–H and O–H groups in total. The first-order valence-corrected chi connectivity index (χ1v) is 10.2. The van der Waals surface area contributed by atoms with Gasteiger partial charge in [0.25, 0.3) is 0 Å². The number of rotatable bonds is 6. The summed E-state index contributed by atoms with van der Waals surface area (Å²) in [6.07, 6.45) is 1.99. The van der Waals surface area contributed by atoms with Gasteiger partial charge >= 0.3 is 5.97 Å². The molecule has 0 aliphatic heterocycles. The van der Waals surface area contributed by atoms with Crippen LogP contribution in [0.4, 0.5) is 5.69 Å². The molecule has 0 aliphatic rings. The quantitative estimate of drug-likeness (QED) is 0.409. The average molecular weight is 399 g/mol. The first-order chi connectivity index (χ1) is 14.6. The molecular formula is C26H26N2O2. The number of ether oxygens (including phenoxy) is 1. The van der Waals surface area contributed by atoms with Gasteiger partial charge in [-0.25, -0.2) is 4.79 Å². The van der Waals surface area contributed by atoms with Crippen LogP contribution in [0.3, 0.4) is 0 Å². The summed E-state index contributed by atoms with van der Waals surface area (Å²) >= 11 is 0. The molecular weight excluding hydrogens is 372 g/mol. The van der Waals surface area contributed by atoms with Crippen molar-refractivity contribution in [2.24, 2.45) is 0 Å². The van der Waals surface area contributed by atoms with E-state index >= 15 is 0 Å². The number of nitrogens with one attached hydrogen (secondary N) is 1. The second kappa shape index (κ2) is 8.46. The van der Waals surface area contributed by atoms with E-state index in [9.17, 15) is 4.79 Å². The Hall–Kier alpha value is -3.53. The number of benzene rings is 2. The number of fused-ring (bicyclic) bond motifs is 1. The number of hydrogen-bond acceptors (Lipinski definition) is 3. The van der Waals surface area contributed by atoms with E-state index in [-0.39, 0.29) is 12.0 Å². The van der Waals surface area contributed by atoms with Crippen molar-refractivity contribution in [2.45, 2.75) is 26.8 Å². The van der Waals surface area contributed by atoms with Gasteiger partial charge < -0.3 is 14.5 Å². The van der Waals surface area contributed by atoms with Crippen LogP contribution in [0.1, 0.15) is 45.7 Å². The predicted molar refractivity (Wildman–Crippen MR) is 121 cm³/mol. The molecule has 0 spiro atoms. The molecule has 152 valence electrons. The van der Waals surface area contributed by atoms with E-state index in [1.165, 1.54) is 11.1 Å². The van der Waals surface area contributed by atoms with E-state index < -0.39 is 0 Å². The largest absolute Gasteiger partial charge is 0.462 e. The number of aryl methyl sites for hydroxylation is 2. The van der Waals surface area contributed by atoms with Gasteiger partial charge in [-0.05, 0) is 67.8 Å². The van der Waals surface area contributed by atoms with E-state index in [1.54, 1.807) is 0 Å². The first-order valence-electron chi connectivity index (χ1n) is 10.2. The smallest absolute Gasteiger partial charge is 0.340 e. The molecule has 1 atom stereocenters. The minimum absolute atomic E-state index is 0.133. The molecule has 30 heavy (non-hydrogen) atoms. The van der Waals surface area contributed by atoms with E-state index in [0.717, 1.165) is 22.5 Å². The van der Waals surface area contributed by atoms with Gasteiger partial charge in [0.05, 0.1) is 29.4 Å². The molecule has 0 unspecified atom stereocenters. The molecule has 0 fully saturated rings. The zero-order valence-electron chi connectivity index (χ0n) is 17.6. The monoisotopic (exact) mass is 398 g/mol. The van der Waals surface area contributed by atoms with Crippen LogP contribution >= 0.6 is 0 Å². The Bertz CT molecular complexity index is 1180. The number of esters is 1. The summed E-state index contributed by atoms with van der Waals surface area (Å²) in [5.41, 5.74) is 7.06. The summed E-state index contributed by atoms with van der Waals surface area (Å²) in [6, 6.07) is 24.3. The van der Waals surface area contributed by atoms with E-state index in [4.69, 9.17) is 4.74 Å². The number of hydrogen-bond donors (Lipinski definition) is 1. The molecule has 2 heterocycles. The van der Waals surface area contributed by atoms with E-state index in [2.05, 4.69) is 53.9 Å². The highest BCUT2D eigenvalue weighted by Crippen LogP contribution is 2.31. The maximum Gasteiger partial charge on any atom is 0.340 e. The van der Waals surface area contributed by atoms with Gasteiger partial charge in [0.2, 0.25) is 0 Å². The number of carbonyl (C=O) groups excluding carboxylic acids is 1. The fourth-order valence-electron chi connectivity index (χ4n) is 3.75. The molecule has 2 aromatic heterocycles. The molecule has 4 aromatic rings. The third kappa shape index (κ3) is 3.81. The number of pyridine rings is 1. The molecule has 0 amide bonds. The van der Waals surface area contributed by atoms with Crippen LogP contribution < -0.4 is 5.32 Å². The molecule has 4 rings (SSSR count). The van der Waals surface area contributed by atoms with Gasteiger partial charge in [0, 0.05) is 11.9 Å². The van der Waals surface area contributed by atoms with Crippen LogP contribution in [0, 0.1) is 13.8 Å². The zero-order valence-corrected chi connectivity index (χ0v) is 17.6. The van der Waals surface area contributed by atoms with Crippen LogP contribution in [0.25, 0.3) is 5.52 Å². The van der Waals surface area contributed by atoms with Gasteiger partial charge in [-0.15, -0.1) is 0 Å². The van der Waals surface area contributed by atoms with Crippen molar-refractivity contribution in [3.05, 3.63) is 107 Å². The lowest BCUT2D eigenvalue weighted by Gasteiger charge is -2.21. The minimum Gasteiger partial charge on any atom is -0.462 e. The van der Waals surface area contributed by atoms with Crippen molar-refractivity contribution in [2.75, 3.05) is 11.9 Å². The zero-order chi connectivity index (χ0) is 21.1. The van der Waals surface area contributed by atoms with Gasteiger partial charge in [-0.1, -0.05) is 42.5 Å². The molecule has 0 radical (unpaired) electrons. The Balaban J connectivity index is 1.86. The van der Waals surface area contributed by atoms with Crippen LogP contribution in [-0.2, 0) is 4.74 Å². The van der Waals surface area contributed by atoms with Crippen molar-refractivity contribution in [1.82, 2.24) is 4.40 Å². The van der Waals surface area contributed by atoms with Crippen molar-refractivity contribution >= 4 is 17.2 Å². The minimum atomic E-state index is -0.301. The topological polar surface area (TPSA) is 42.7 Å². The Labute approximate surface area is 177 Å². The highest BCUT2D eigenvalue weighted by molar-refractivity contribution is 5.97. The average Bonchev–Trinajstić information content (AvgIpc) is 3.15. The fourth-order valence-corrected chi connectivity index (χ4v) is 3.75. The molecule has 4 heteroatoms. The molecule has 0 saturated carbocycles. The van der Waals surface area contributed by atoms with Crippen molar-refractivity contribution in [3.63, 3.8) is 0 Å². The van der Waals surface area contributed by atoms with Crippen LogP contribution in [-0.4, -0.2) is 17.0 Å². The lowest BCUT2D eigenvalue weighted by Crippen LogP contribution is -2.14. The van der Waals surface area contributed by atoms with Crippen molar-refractivity contribution in [1.29, 1.82) is 0 Å². The summed E-state index contributed by atoms with van der Waals surface area (Å²) in [6.45, 7) is 6.40. The van der Waals surface area contributed by atoms with E-state index in [1.807, 2.05) is 55.6 Å². The van der Waals surface area contributed by atoms with Gasteiger partial charge in [-0.3, -0.25) is 0 Å². The number of anilines is 1. The summed E-state index contributed by atoms with van der Waals surface area (Å²) < 4.78 is 7.38. The molecule has 0 bridgehead atoms. The van der Waals surface area contributed by atoms with Crippen molar-refractivity contribution in [3.8, 4) is 0 Å². The highest BCUT2D eigenvalue weighted by atomic mass is 16.5. The lowest BCUT2D eigenvalue weighted by molar-refractivity contribution is 0.0529. The fraction of sp³-hybridized carbons (Fsp3) is 0.192. The molecule has 0 saturated heterocycles. The summed E-state index contributed by atoms with van der Waals surface area (Å²) in [4.78, 5) is 12.6. The van der Waals surface area contributed by atoms with Crippen LogP contribution in [0.5, 0.6) is 0 Å². The van der Waals surface area contributed by atoms with Gasteiger partial charge in [-0.2, -0.15) is 0 Å². The maximum atomic E-state index is 12.6. The Morgan fingerprint density at radius 1 is 0.967 bits per heavy atom. The Morgan fingerprint density at radius 2 is 1.73 bits per heavy atom. The standard InChI is InChI=1S/C26H26N2O2/c1-4-30-26(29)22-17-24(28-15-9-8-12-23(22)28)25(20-10-6-5-7-11-20)27-21-14-13-18(2)19(3)16-21/h5-17,25,27H,4H2,1-3H3/t25-/m0/s1. The second-order valence-electron chi connectivity index (χ2n) is 7.45. The Morgan fingerprint density at radius 3 is 2.47 bits per heavy atom. The summed E-state index contributed by atoms with van der Waals surface area (Å²) in [5, 5.41) is 3.68. The first kappa shape index (κ1) is 19.8. The van der Waals surface area contributed by atoms with Gasteiger partial charge in [0.1, 0.15) is 0 Å². The SMILES string of the molecule is CCOC(=O)c1cc([C@@H](Nc2ccc(C)c(C)c2)c2ccccc2)n2ccccc12. The number of aromatic nitrogens is 1. The maximum absolute atomic E-state index is 12.6. The number of carbonyl (C=O) groups is 1. The predicted octanol–water partition coefficient (Wildman–Crippen LogP) is 5.93. The third-order valence-electron chi connectivity index (χ3n) is 5.45. The normalized spacial score (nSPS) is 12.0. The Kier molecular flexibility index (Phi) is 5.57. The molecule has 4 nitrogen and oxygen atoms in total. The third-order valence-corrected chi connectivity index (χ3v) is 5.45. The number of nitrogens with zero attached hydrogens (tertiary/aromatic N) is 1. The summed E-state index contributed by atoms with van der Waals surface area (Å²) in [5.74, 6) is -0.301. The van der Waals surface area contributed by atoms with Crippen LogP contribution in [0.2, 0.25) is 0 Å². The molecule has 2 aromatic carbocycles. The molecule has 0 aliphatic carbocycles. The summed E-state index contributed by atoms with van der Waals surface area (Å²) in [7, 11) is 0. The van der Waals surface area contributed by atoms with Gasteiger partial charge in [0.15, 0.2) is 0 Å². The second-order valence-corrected chi connectivity index (χ2v) is 7.45. The van der Waals surface area contributed by atoms with E-state index in [0.29, 0.717) is 12.2 Å². The lowest BCUT2D eigenvalue weighted by atomic mass is 10.0. The van der Waals surface area contributed by atoms with Crippen LogP contribution in [0.15, 0.2) is 79.0 Å². The highest BCUT2D eigenvalue weighted by Gasteiger charge is 2.23. The van der Waals surface area contributed by atoms with Crippen molar-refractivity contribution < 1.29 is 9.53 Å².